The molecule has 4 heteroatoms. The van der Waals surface area contributed by atoms with Gasteiger partial charge in [0.1, 0.15) is 0 Å². The van der Waals surface area contributed by atoms with Crippen LogP contribution >= 0.6 is 11.6 Å². The summed E-state index contributed by atoms with van der Waals surface area (Å²) in [6.07, 6.45) is 4.72. The zero-order valence-electron chi connectivity index (χ0n) is 8.49. The van der Waals surface area contributed by atoms with Crippen LogP contribution in [0, 0.1) is 0 Å². The number of hydrogen-bond acceptors (Lipinski definition) is 2. The highest BCUT2D eigenvalue weighted by Crippen LogP contribution is 2.20. The maximum atomic E-state index is 12.0. The molecule has 0 aromatic carbocycles. The number of alkyl halides is 1. The number of furan rings is 1. The number of halogens is 1. The van der Waals surface area contributed by atoms with Crippen molar-refractivity contribution in [2.45, 2.75) is 25.3 Å². The summed E-state index contributed by atoms with van der Waals surface area (Å²) in [5, 5.41) is 0. The molecule has 15 heavy (non-hydrogen) atoms. The molecular formula is C11H14ClNO2. The molecule has 1 aliphatic rings. The van der Waals surface area contributed by atoms with E-state index < -0.39 is 0 Å². The summed E-state index contributed by atoms with van der Waals surface area (Å²) in [4.78, 5) is 13.8. The van der Waals surface area contributed by atoms with E-state index >= 15 is 0 Å². The number of hydrogen-bond donors (Lipinski definition) is 0. The Kier molecular flexibility index (Phi) is 3.31. The quantitative estimate of drug-likeness (QED) is 0.728. The van der Waals surface area contributed by atoms with Crippen LogP contribution in [-0.4, -0.2) is 29.3 Å². The highest BCUT2D eigenvalue weighted by molar-refractivity contribution is 6.18. The molecule has 1 atom stereocenters. The first-order valence-corrected chi connectivity index (χ1v) is 5.77. The average molecular weight is 228 g/mol. The van der Waals surface area contributed by atoms with Gasteiger partial charge in [-0.3, -0.25) is 4.79 Å². The minimum absolute atomic E-state index is 0.0367. The predicted octanol–water partition coefficient (Wildman–Crippen LogP) is 2.51. The second-order valence-corrected chi connectivity index (χ2v) is 4.09. The Morgan fingerprint density at radius 3 is 3.13 bits per heavy atom. The fraction of sp³-hybridized carbons (Fsp3) is 0.545. The van der Waals surface area contributed by atoms with Crippen molar-refractivity contribution in [3.8, 4) is 0 Å². The molecule has 2 rings (SSSR count). The van der Waals surface area contributed by atoms with E-state index in [-0.39, 0.29) is 11.9 Å². The van der Waals surface area contributed by atoms with Crippen LogP contribution in [0.1, 0.15) is 29.8 Å². The second kappa shape index (κ2) is 4.71. The molecule has 1 fully saturated rings. The molecule has 82 valence electrons. The lowest BCUT2D eigenvalue weighted by atomic mass is 10.0. The largest absolute Gasteiger partial charge is 0.459 e. The van der Waals surface area contributed by atoms with Gasteiger partial charge in [0, 0.05) is 18.5 Å². The van der Waals surface area contributed by atoms with Crippen LogP contribution in [0.2, 0.25) is 0 Å². The van der Waals surface area contributed by atoms with Crippen molar-refractivity contribution in [1.82, 2.24) is 4.90 Å². The summed E-state index contributed by atoms with van der Waals surface area (Å²) in [5.41, 5.74) is 0. The van der Waals surface area contributed by atoms with Crippen LogP contribution in [0.4, 0.5) is 0 Å². The monoisotopic (exact) mass is 227 g/mol. The van der Waals surface area contributed by atoms with E-state index in [0.717, 1.165) is 25.8 Å². The molecule has 1 unspecified atom stereocenters. The fourth-order valence-electron chi connectivity index (χ4n) is 1.97. The molecular weight excluding hydrogens is 214 g/mol. The van der Waals surface area contributed by atoms with Crippen molar-refractivity contribution >= 4 is 17.5 Å². The predicted molar refractivity (Wildman–Crippen MR) is 58.1 cm³/mol. The highest BCUT2D eigenvalue weighted by Gasteiger charge is 2.27. The second-order valence-electron chi connectivity index (χ2n) is 3.78. The van der Waals surface area contributed by atoms with E-state index in [4.69, 9.17) is 16.0 Å². The van der Waals surface area contributed by atoms with E-state index in [1.54, 1.807) is 12.1 Å². The van der Waals surface area contributed by atoms with Gasteiger partial charge >= 0.3 is 0 Å². The van der Waals surface area contributed by atoms with Crippen molar-refractivity contribution in [2.75, 3.05) is 12.4 Å². The van der Waals surface area contributed by atoms with Gasteiger partial charge in [-0.05, 0) is 31.4 Å². The smallest absolute Gasteiger partial charge is 0.289 e. The molecule has 1 amide bonds. The molecule has 0 saturated carbocycles. The molecule has 0 bridgehead atoms. The normalized spacial score (nSPS) is 21.7. The zero-order valence-corrected chi connectivity index (χ0v) is 9.24. The van der Waals surface area contributed by atoms with Crippen molar-refractivity contribution in [2.24, 2.45) is 0 Å². The van der Waals surface area contributed by atoms with E-state index in [9.17, 15) is 4.79 Å². The molecule has 0 spiro atoms. The van der Waals surface area contributed by atoms with Crippen LogP contribution in [-0.2, 0) is 0 Å². The third-order valence-corrected chi connectivity index (χ3v) is 3.15. The van der Waals surface area contributed by atoms with Crippen molar-refractivity contribution in [3.05, 3.63) is 24.2 Å². The summed E-state index contributed by atoms with van der Waals surface area (Å²) in [7, 11) is 0. The molecule has 1 aliphatic heterocycles. The summed E-state index contributed by atoms with van der Waals surface area (Å²) in [6.45, 7) is 0.789. The molecule has 0 aliphatic carbocycles. The molecule has 1 aromatic heterocycles. The Balaban J connectivity index is 2.11. The standard InChI is InChI=1S/C11H14ClNO2/c12-8-9-4-1-2-6-13(9)11(14)10-5-3-7-15-10/h3,5,7,9H,1-2,4,6,8H2. The molecule has 1 aromatic rings. The van der Waals surface area contributed by atoms with Crippen LogP contribution in [0.5, 0.6) is 0 Å². The summed E-state index contributed by atoms with van der Waals surface area (Å²) >= 11 is 5.86. The van der Waals surface area contributed by atoms with Gasteiger partial charge in [0.2, 0.25) is 0 Å². The third kappa shape index (κ3) is 2.17. The van der Waals surface area contributed by atoms with Crippen LogP contribution in [0.15, 0.2) is 22.8 Å². The third-order valence-electron chi connectivity index (χ3n) is 2.80. The Labute approximate surface area is 94.0 Å². The maximum Gasteiger partial charge on any atom is 0.289 e. The first kappa shape index (κ1) is 10.6. The van der Waals surface area contributed by atoms with Gasteiger partial charge in [-0.15, -0.1) is 11.6 Å². The minimum atomic E-state index is -0.0367. The number of carbonyl (C=O) groups is 1. The van der Waals surface area contributed by atoms with Gasteiger partial charge < -0.3 is 9.32 Å². The molecule has 0 N–H and O–H groups in total. The SMILES string of the molecule is O=C(c1ccco1)N1CCCCC1CCl. The van der Waals surface area contributed by atoms with E-state index in [2.05, 4.69) is 0 Å². The highest BCUT2D eigenvalue weighted by atomic mass is 35.5. The van der Waals surface area contributed by atoms with Gasteiger partial charge in [0.15, 0.2) is 5.76 Å². The van der Waals surface area contributed by atoms with E-state index in [0.29, 0.717) is 11.6 Å². The summed E-state index contributed by atoms with van der Waals surface area (Å²) < 4.78 is 5.11. The van der Waals surface area contributed by atoms with Crippen LogP contribution in [0.25, 0.3) is 0 Å². The topological polar surface area (TPSA) is 33.5 Å². The first-order valence-electron chi connectivity index (χ1n) is 5.23. The van der Waals surface area contributed by atoms with Gasteiger partial charge in [0.05, 0.1) is 6.26 Å². The Hall–Kier alpha value is -0.960. The molecule has 0 radical (unpaired) electrons. The number of nitrogens with zero attached hydrogens (tertiary/aromatic N) is 1. The van der Waals surface area contributed by atoms with E-state index in [1.165, 1.54) is 6.26 Å². The van der Waals surface area contributed by atoms with Crippen molar-refractivity contribution in [1.29, 1.82) is 0 Å². The Morgan fingerprint density at radius 2 is 2.47 bits per heavy atom. The fourth-order valence-corrected chi connectivity index (χ4v) is 2.29. The molecule has 3 nitrogen and oxygen atoms in total. The van der Waals surface area contributed by atoms with Gasteiger partial charge in [-0.2, -0.15) is 0 Å². The Bertz CT molecular complexity index is 323. The first-order chi connectivity index (χ1) is 7.33. The molecule has 1 saturated heterocycles. The zero-order chi connectivity index (χ0) is 10.7. The molecule has 2 heterocycles. The van der Waals surface area contributed by atoms with Gasteiger partial charge in [-0.1, -0.05) is 0 Å². The van der Waals surface area contributed by atoms with Crippen molar-refractivity contribution in [3.63, 3.8) is 0 Å². The average Bonchev–Trinajstić information content (AvgIpc) is 2.81. The maximum absolute atomic E-state index is 12.0. The number of likely N-dealkylation sites (tertiary alicyclic amines) is 1. The number of amides is 1. The van der Waals surface area contributed by atoms with Crippen molar-refractivity contribution < 1.29 is 9.21 Å². The van der Waals surface area contributed by atoms with Gasteiger partial charge in [-0.25, -0.2) is 0 Å². The summed E-state index contributed by atoms with van der Waals surface area (Å²) in [6, 6.07) is 3.59. The van der Waals surface area contributed by atoms with Gasteiger partial charge in [0.25, 0.3) is 5.91 Å². The van der Waals surface area contributed by atoms with E-state index in [1.807, 2.05) is 4.90 Å². The minimum Gasteiger partial charge on any atom is -0.459 e. The lowest BCUT2D eigenvalue weighted by molar-refractivity contribution is 0.0606. The number of piperidine rings is 1. The lowest BCUT2D eigenvalue weighted by Gasteiger charge is -2.33. The lowest BCUT2D eigenvalue weighted by Crippen LogP contribution is -2.44. The number of rotatable bonds is 2. The number of carbonyl (C=O) groups excluding carboxylic acids is 1. The summed E-state index contributed by atoms with van der Waals surface area (Å²) in [5.74, 6) is 0.879. The Morgan fingerprint density at radius 1 is 1.60 bits per heavy atom. The van der Waals surface area contributed by atoms with Crippen LogP contribution < -0.4 is 0 Å². The van der Waals surface area contributed by atoms with Crippen LogP contribution in [0.3, 0.4) is 0 Å².